The molecule has 1 rings (SSSR count). The van der Waals surface area contributed by atoms with Gasteiger partial charge in [-0.2, -0.15) is 17.5 Å². The normalized spacial score (nSPS) is 15.6. The number of rotatable bonds is 2. The molecular formula is C9H11F3N2OS. The second kappa shape index (κ2) is 4.42. The first-order chi connectivity index (χ1) is 7.24. The lowest BCUT2D eigenvalue weighted by molar-refractivity contribution is -0.137. The standard InChI is InChI=1S/C9H11F3N2OS/c1-13-16(2,15)14-8-5-3-7(4-6-8)9(10,11)12/h3-6H,1-2H3,(H,13,14,15). The summed E-state index contributed by atoms with van der Waals surface area (Å²) in [6.07, 6.45) is -3.00. The van der Waals surface area contributed by atoms with Crippen molar-refractivity contribution in [3.8, 4) is 0 Å². The van der Waals surface area contributed by atoms with Gasteiger partial charge in [-0.25, -0.2) is 8.93 Å². The molecule has 0 saturated carbocycles. The summed E-state index contributed by atoms with van der Waals surface area (Å²) in [7, 11) is -1.11. The third-order valence-electron chi connectivity index (χ3n) is 1.85. The number of alkyl halides is 3. The first kappa shape index (κ1) is 13.0. The van der Waals surface area contributed by atoms with Gasteiger partial charge in [-0.3, -0.25) is 0 Å². The predicted molar refractivity (Wildman–Crippen MR) is 56.7 cm³/mol. The molecule has 0 aromatic heterocycles. The van der Waals surface area contributed by atoms with E-state index in [1.54, 1.807) is 0 Å². The van der Waals surface area contributed by atoms with Crippen molar-refractivity contribution in [3.05, 3.63) is 29.8 Å². The lowest BCUT2D eigenvalue weighted by atomic mass is 10.2. The third kappa shape index (κ3) is 3.49. The summed E-state index contributed by atoms with van der Waals surface area (Å²) >= 11 is 0. The van der Waals surface area contributed by atoms with Crippen molar-refractivity contribution in [2.45, 2.75) is 6.18 Å². The Morgan fingerprint density at radius 3 is 2.12 bits per heavy atom. The van der Waals surface area contributed by atoms with Crippen LogP contribution in [-0.2, 0) is 16.1 Å². The van der Waals surface area contributed by atoms with E-state index in [0.29, 0.717) is 0 Å². The van der Waals surface area contributed by atoms with Crippen LogP contribution in [-0.4, -0.2) is 17.5 Å². The van der Waals surface area contributed by atoms with Gasteiger partial charge in [0.15, 0.2) is 0 Å². The molecule has 16 heavy (non-hydrogen) atoms. The molecule has 3 nitrogen and oxygen atoms in total. The Balaban J connectivity index is 3.06. The molecule has 0 amide bonds. The van der Waals surface area contributed by atoms with E-state index in [-0.39, 0.29) is 5.69 Å². The topological polar surface area (TPSA) is 41.5 Å². The summed E-state index contributed by atoms with van der Waals surface area (Å²) in [4.78, 5) is 0. The van der Waals surface area contributed by atoms with Gasteiger partial charge in [0.05, 0.1) is 11.3 Å². The quantitative estimate of drug-likeness (QED) is 0.863. The summed E-state index contributed by atoms with van der Waals surface area (Å²) in [6, 6.07) is 4.18. The fraction of sp³-hybridized carbons (Fsp3) is 0.333. The lowest BCUT2D eigenvalue weighted by Crippen LogP contribution is -2.15. The van der Waals surface area contributed by atoms with Gasteiger partial charge < -0.3 is 0 Å². The SMILES string of the molecule is CNS(C)(=O)=Nc1ccc(C(F)(F)F)cc1. The Hall–Kier alpha value is -1.08. The molecule has 0 spiro atoms. The van der Waals surface area contributed by atoms with E-state index >= 15 is 0 Å². The van der Waals surface area contributed by atoms with Crippen LogP contribution in [0.2, 0.25) is 0 Å². The summed E-state index contributed by atoms with van der Waals surface area (Å²) in [5.41, 5.74) is -0.506. The number of nitrogens with one attached hydrogen (secondary N) is 1. The molecule has 0 bridgehead atoms. The maximum Gasteiger partial charge on any atom is 0.416 e. The highest BCUT2D eigenvalue weighted by Crippen LogP contribution is 2.30. The average Bonchev–Trinajstić information content (AvgIpc) is 2.16. The summed E-state index contributed by atoms with van der Waals surface area (Å²) in [6.45, 7) is 0. The van der Waals surface area contributed by atoms with E-state index in [2.05, 4.69) is 9.08 Å². The molecule has 0 aliphatic heterocycles. The van der Waals surface area contributed by atoms with E-state index in [1.807, 2.05) is 0 Å². The highest BCUT2D eigenvalue weighted by Gasteiger charge is 2.29. The van der Waals surface area contributed by atoms with E-state index in [0.717, 1.165) is 12.1 Å². The van der Waals surface area contributed by atoms with Crippen LogP contribution in [0.25, 0.3) is 0 Å². The largest absolute Gasteiger partial charge is 0.416 e. The molecule has 1 aromatic carbocycles. The average molecular weight is 252 g/mol. The van der Waals surface area contributed by atoms with E-state index in [1.165, 1.54) is 25.4 Å². The van der Waals surface area contributed by atoms with Crippen LogP contribution in [0.4, 0.5) is 18.9 Å². The minimum Gasteiger partial charge on any atom is -0.235 e. The van der Waals surface area contributed by atoms with Gasteiger partial charge in [-0.1, -0.05) is 0 Å². The second-order valence-corrected chi connectivity index (χ2v) is 5.34. The van der Waals surface area contributed by atoms with E-state index in [4.69, 9.17) is 0 Å². The fourth-order valence-corrected chi connectivity index (χ4v) is 1.57. The first-order valence-corrected chi connectivity index (χ1v) is 6.25. The molecule has 1 N–H and O–H groups in total. The molecule has 0 radical (unpaired) electrons. The Morgan fingerprint density at radius 2 is 1.75 bits per heavy atom. The van der Waals surface area contributed by atoms with Gasteiger partial charge in [-0.05, 0) is 31.3 Å². The Labute approximate surface area is 92.0 Å². The molecule has 0 aliphatic carbocycles. The highest BCUT2D eigenvalue weighted by molar-refractivity contribution is 7.91. The number of halogens is 3. The van der Waals surface area contributed by atoms with E-state index < -0.39 is 21.7 Å². The summed E-state index contributed by atoms with van der Waals surface area (Å²) in [5.74, 6) is 0. The Morgan fingerprint density at radius 1 is 1.25 bits per heavy atom. The molecule has 1 unspecified atom stereocenters. The molecule has 7 heteroatoms. The maximum absolute atomic E-state index is 12.2. The monoisotopic (exact) mass is 252 g/mol. The van der Waals surface area contributed by atoms with Crippen LogP contribution >= 0.6 is 0 Å². The maximum atomic E-state index is 12.2. The summed E-state index contributed by atoms with van der Waals surface area (Å²) < 4.78 is 54.4. The lowest BCUT2D eigenvalue weighted by Gasteiger charge is -2.06. The van der Waals surface area contributed by atoms with Crippen molar-refractivity contribution in [2.24, 2.45) is 4.36 Å². The zero-order valence-electron chi connectivity index (χ0n) is 8.71. The molecular weight excluding hydrogens is 241 g/mol. The smallest absolute Gasteiger partial charge is 0.235 e. The van der Waals surface area contributed by atoms with Crippen LogP contribution < -0.4 is 4.72 Å². The minimum absolute atomic E-state index is 0.245. The first-order valence-electron chi connectivity index (χ1n) is 4.32. The Kier molecular flexibility index (Phi) is 3.59. The van der Waals surface area contributed by atoms with Gasteiger partial charge in [0, 0.05) is 6.26 Å². The van der Waals surface area contributed by atoms with Crippen LogP contribution in [0, 0.1) is 0 Å². The predicted octanol–water partition coefficient (Wildman–Crippen LogP) is 2.57. The van der Waals surface area contributed by atoms with Crippen molar-refractivity contribution >= 4 is 15.6 Å². The summed E-state index contributed by atoms with van der Waals surface area (Å²) in [5, 5.41) is 0. The zero-order chi connectivity index (χ0) is 12.4. The van der Waals surface area contributed by atoms with Crippen molar-refractivity contribution in [1.29, 1.82) is 0 Å². The van der Waals surface area contributed by atoms with Crippen LogP contribution in [0.3, 0.4) is 0 Å². The van der Waals surface area contributed by atoms with E-state index in [9.17, 15) is 17.4 Å². The van der Waals surface area contributed by atoms with Gasteiger partial charge >= 0.3 is 6.18 Å². The third-order valence-corrected chi connectivity index (χ3v) is 3.17. The second-order valence-electron chi connectivity index (χ2n) is 3.14. The van der Waals surface area contributed by atoms with Crippen LogP contribution in [0.5, 0.6) is 0 Å². The number of benzene rings is 1. The van der Waals surface area contributed by atoms with Gasteiger partial charge in [0.25, 0.3) is 0 Å². The number of nitrogens with zero attached hydrogens (tertiary/aromatic N) is 1. The molecule has 90 valence electrons. The zero-order valence-corrected chi connectivity index (χ0v) is 9.52. The minimum atomic E-state index is -4.37. The van der Waals surface area contributed by atoms with Crippen molar-refractivity contribution in [1.82, 2.24) is 4.72 Å². The molecule has 1 atom stereocenters. The van der Waals surface area contributed by atoms with Gasteiger partial charge in [0.1, 0.15) is 9.92 Å². The van der Waals surface area contributed by atoms with Crippen LogP contribution in [0.15, 0.2) is 28.6 Å². The molecule has 0 fully saturated rings. The van der Waals surface area contributed by atoms with Crippen molar-refractivity contribution in [2.75, 3.05) is 13.3 Å². The molecule has 0 heterocycles. The number of hydrogen-bond donors (Lipinski definition) is 1. The van der Waals surface area contributed by atoms with Crippen LogP contribution in [0.1, 0.15) is 5.56 Å². The van der Waals surface area contributed by atoms with Crippen molar-refractivity contribution in [3.63, 3.8) is 0 Å². The van der Waals surface area contributed by atoms with Gasteiger partial charge in [0.2, 0.25) is 0 Å². The van der Waals surface area contributed by atoms with Crippen molar-refractivity contribution < 1.29 is 17.4 Å². The molecule has 0 aliphatic rings. The van der Waals surface area contributed by atoms with Gasteiger partial charge in [-0.15, -0.1) is 0 Å². The number of hydrogen-bond acceptors (Lipinski definition) is 2. The highest BCUT2D eigenvalue weighted by atomic mass is 32.2. The Bertz CT molecular complexity index is 473. The molecule has 1 aromatic rings. The molecule has 0 saturated heterocycles. The fourth-order valence-electron chi connectivity index (χ4n) is 0.958.